The second-order valence-corrected chi connectivity index (χ2v) is 8.63. The van der Waals surface area contributed by atoms with E-state index in [1.54, 1.807) is 24.3 Å². The van der Waals surface area contributed by atoms with Crippen LogP contribution in [0.25, 0.3) is 0 Å². The number of hydrogen-bond donors (Lipinski definition) is 2. The van der Waals surface area contributed by atoms with Crippen LogP contribution in [-0.4, -0.2) is 29.3 Å². The lowest BCUT2D eigenvalue weighted by Crippen LogP contribution is -2.46. The quantitative estimate of drug-likeness (QED) is 0.389. The topological polar surface area (TPSA) is 78.5 Å². The lowest BCUT2D eigenvalue weighted by Gasteiger charge is -2.28. The van der Waals surface area contributed by atoms with E-state index >= 15 is 0 Å². The Kier molecular flexibility index (Phi) is 6.33. The minimum atomic E-state index is -1.40. The SMILES string of the molecule is O=C(CN1C(=O)NC(c2ccccc2)(c2ccccc2)C1=O)NC(c1ccccc1)c1ccccc1. The molecule has 0 bridgehead atoms. The van der Waals surface area contributed by atoms with E-state index < -0.39 is 36.0 Å². The van der Waals surface area contributed by atoms with Crippen molar-refractivity contribution in [1.29, 1.82) is 0 Å². The fourth-order valence-electron chi connectivity index (χ4n) is 4.65. The summed E-state index contributed by atoms with van der Waals surface area (Å²) in [5, 5.41) is 5.89. The van der Waals surface area contributed by atoms with Crippen LogP contribution >= 0.6 is 0 Å². The van der Waals surface area contributed by atoms with Gasteiger partial charge in [-0.15, -0.1) is 0 Å². The lowest BCUT2D eigenvalue weighted by molar-refractivity contribution is -0.134. The van der Waals surface area contributed by atoms with Gasteiger partial charge in [-0.05, 0) is 22.3 Å². The maximum Gasteiger partial charge on any atom is 0.326 e. The Morgan fingerprint density at radius 2 is 1.11 bits per heavy atom. The number of benzene rings is 4. The fraction of sp³-hybridized carbons (Fsp3) is 0.100. The molecule has 2 N–H and O–H groups in total. The zero-order valence-corrected chi connectivity index (χ0v) is 19.5. The molecule has 1 aliphatic rings. The summed E-state index contributed by atoms with van der Waals surface area (Å²) in [6.07, 6.45) is 0. The first-order valence-electron chi connectivity index (χ1n) is 11.7. The van der Waals surface area contributed by atoms with E-state index in [1.165, 1.54) is 0 Å². The van der Waals surface area contributed by atoms with Crippen molar-refractivity contribution >= 4 is 17.8 Å². The van der Waals surface area contributed by atoms with Crippen LogP contribution in [0.3, 0.4) is 0 Å². The highest BCUT2D eigenvalue weighted by atomic mass is 16.2. The maximum atomic E-state index is 13.9. The summed E-state index contributed by atoms with van der Waals surface area (Å²) in [5.74, 6) is -0.927. The van der Waals surface area contributed by atoms with Crippen molar-refractivity contribution < 1.29 is 14.4 Å². The molecule has 4 aromatic rings. The summed E-state index contributed by atoms with van der Waals surface area (Å²) in [6.45, 7) is -0.401. The van der Waals surface area contributed by atoms with Gasteiger partial charge in [0.05, 0.1) is 6.04 Å². The number of carbonyl (C=O) groups excluding carboxylic acids is 3. The molecule has 0 aliphatic carbocycles. The lowest BCUT2D eigenvalue weighted by atomic mass is 9.82. The smallest absolute Gasteiger partial charge is 0.326 e. The summed E-state index contributed by atoms with van der Waals surface area (Å²) < 4.78 is 0. The van der Waals surface area contributed by atoms with Gasteiger partial charge in [0.1, 0.15) is 6.54 Å². The molecule has 0 radical (unpaired) electrons. The van der Waals surface area contributed by atoms with Crippen LogP contribution in [0.4, 0.5) is 4.79 Å². The molecule has 0 saturated carbocycles. The number of rotatable bonds is 7. The van der Waals surface area contributed by atoms with Crippen molar-refractivity contribution in [3.05, 3.63) is 144 Å². The van der Waals surface area contributed by atoms with Gasteiger partial charge in [0.25, 0.3) is 5.91 Å². The van der Waals surface area contributed by atoms with Crippen LogP contribution in [0.1, 0.15) is 28.3 Å². The predicted octanol–water partition coefficient (Wildman–Crippen LogP) is 4.39. The molecule has 6 heteroatoms. The largest absolute Gasteiger partial charge is 0.344 e. The Morgan fingerprint density at radius 3 is 1.56 bits per heavy atom. The summed E-state index contributed by atoms with van der Waals surface area (Å²) >= 11 is 0. The highest BCUT2D eigenvalue weighted by molar-refractivity contribution is 6.11. The van der Waals surface area contributed by atoms with Crippen molar-refractivity contribution in [2.24, 2.45) is 0 Å². The van der Waals surface area contributed by atoms with Crippen molar-refractivity contribution in [2.75, 3.05) is 6.54 Å². The van der Waals surface area contributed by atoms with Crippen molar-refractivity contribution in [1.82, 2.24) is 15.5 Å². The average molecular weight is 476 g/mol. The first kappa shape index (κ1) is 23.1. The third-order valence-corrected chi connectivity index (χ3v) is 6.39. The van der Waals surface area contributed by atoms with Gasteiger partial charge in [0, 0.05) is 0 Å². The van der Waals surface area contributed by atoms with Crippen LogP contribution in [-0.2, 0) is 15.1 Å². The maximum absolute atomic E-state index is 13.9. The predicted molar refractivity (Wildman–Crippen MR) is 137 cm³/mol. The number of hydrogen-bond acceptors (Lipinski definition) is 3. The molecule has 36 heavy (non-hydrogen) atoms. The standard InChI is InChI=1S/C30H25N3O3/c34-26(31-27(22-13-5-1-6-14-22)23-15-7-2-8-16-23)21-33-28(35)30(32-29(33)36,24-17-9-3-10-18-24)25-19-11-4-12-20-25/h1-20,27H,21H2,(H,31,34)(H,32,36). The zero-order chi connectivity index (χ0) is 25.0. The van der Waals surface area contributed by atoms with Crippen molar-refractivity contribution in [2.45, 2.75) is 11.6 Å². The third kappa shape index (κ3) is 4.25. The Labute approximate surface area is 209 Å². The van der Waals surface area contributed by atoms with E-state index in [0.717, 1.165) is 16.0 Å². The number of urea groups is 1. The summed E-state index contributed by atoms with van der Waals surface area (Å²) in [5.41, 5.74) is 1.65. The van der Waals surface area contributed by atoms with Gasteiger partial charge >= 0.3 is 6.03 Å². The van der Waals surface area contributed by atoms with E-state index in [0.29, 0.717) is 11.1 Å². The van der Waals surface area contributed by atoms with Crippen LogP contribution in [0, 0.1) is 0 Å². The molecule has 178 valence electrons. The molecule has 1 saturated heterocycles. The number of nitrogens with one attached hydrogen (secondary N) is 2. The van der Waals surface area contributed by atoms with Crippen LogP contribution < -0.4 is 10.6 Å². The van der Waals surface area contributed by atoms with Gasteiger partial charge in [-0.25, -0.2) is 4.79 Å². The molecular weight excluding hydrogens is 450 g/mol. The van der Waals surface area contributed by atoms with E-state index in [-0.39, 0.29) is 0 Å². The Morgan fingerprint density at radius 1 is 0.694 bits per heavy atom. The van der Waals surface area contributed by atoms with Gasteiger partial charge in [0.2, 0.25) is 5.91 Å². The summed E-state index contributed by atoms with van der Waals surface area (Å²) in [4.78, 5) is 41.2. The third-order valence-electron chi connectivity index (χ3n) is 6.39. The van der Waals surface area contributed by atoms with Gasteiger partial charge in [-0.1, -0.05) is 121 Å². The van der Waals surface area contributed by atoms with Gasteiger partial charge in [-0.2, -0.15) is 0 Å². The second-order valence-electron chi connectivity index (χ2n) is 8.63. The highest BCUT2D eigenvalue weighted by Gasteiger charge is 2.54. The number of amides is 4. The van der Waals surface area contributed by atoms with Gasteiger partial charge in [0.15, 0.2) is 5.54 Å². The van der Waals surface area contributed by atoms with E-state index in [4.69, 9.17) is 0 Å². The van der Waals surface area contributed by atoms with E-state index in [9.17, 15) is 14.4 Å². The zero-order valence-electron chi connectivity index (χ0n) is 19.5. The van der Waals surface area contributed by atoms with Crippen LogP contribution in [0.5, 0.6) is 0 Å². The van der Waals surface area contributed by atoms with E-state index in [1.807, 2.05) is 97.1 Å². The summed E-state index contributed by atoms with van der Waals surface area (Å²) in [6, 6.07) is 36.3. The Balaban J connectivity index is 1.44. The molecule has 1 heterocycles. The molecule has 1 fully saturated rings. The molecule has 4 amide bonds. The van der Waals surface area contributed by atoms with E-state index in [2.05, 4.69) is 10.6 Å². The highest BCUT2D eigenvalue weighted by Crippen LogP contribution is 2.36. The minimum absolute atomic E-state index is 0.401. The number of imide groups is 1. The summed E-state index contributed by atoms with van der Waals surface area (Å²) in [7, 11) is 0. The van der Waals surface area contributed by atoms with Crippen LogP contribution in [0.15, 0.2) is 121 Å². The Hall–Kier alpha value is -4.71. The van der Waals surface area contributed by atoms with Crippen molar-refractivity contribution in [3.8, 4) is 0 Å². The second kappa shape index (κ2) is 9.88. The number of carbonyl (C=O) groups is 3. The molecule has 0 atom stereocenters. The first-order valence-corrected chi connectivity index (χ1v) is 11.7. The number of nitrogens with zero attached hydrogens (tertiary/aromatic N) is 1. The Bertz CT molecular complexity index is 1280. The van der Waals surface area contributed by atoms with Gasteiger partial charge in [-0.3, -0.25) is 14.5 Å². The average Bonchev–Trinajstić information content (AvgIpc) is 3.19. The van der Waals surface area contributed by atoms with Gasteiger partial charge < -0.3 is 10.6 Å². The van der Waals surface area contributed by atoms with Crippen LogP contribution in [0.2, 0.25) is 0 Å². The molecule has 6 nitrogen and oxygen atoms in total. The minimum Gasteiger partial charge on any atom is -0.344 e. The normalized spacial score (nSPS) is 14.5. The first-order chi connectivity index (χ1) is 17.6. The fourth-order valence-corrected chi connectivity index (χ4v) is 4.65. The molecule has 0 spiro atoms. The monoisotopic (exact) mass is 475 g/mol. The molecule has 0 aromatic heterocycles. The molecular formula is C30H25N3O3. The van der Waals surface area contributed by atoms with Crippen molar-refractivity contribution in [3.63, 3.8) is 0 Å². The molecule has 4 aromatic carbocycles. The molecule has 0 unspecified atom stereocenters. The molecule has 1 aliphatic heterocycles. The molecule has 5 rings (SSSR count).